The van der Waals surface area contributed by atoms with Crippen molar-refractivity contribution in [3.05, 3.63) is 97.0 Å². The molecule has 0 bridgehead atoms. The van der Waals surface area contributed by atoms with Crippen molar-refractivity contribution in [2.45, 2.75) is 18.9 Å². The number of nitrogens with zero attached hydrogens (tertiary/aromatic N) is 4. The first kappa shape index (κ1) is 24.1. The number of ether oxygens (including phenoxy) is 2. The summed E-state index contributed by atoms with van der Waals surface area (Å²) in [5, 5.41) is 1.40. The molecular formula is C25H24F3N5O2. The maximum Gasteiger partial charge on any atom is 0.450 e. The van der Waals surface area contributed by atoms with Crippen LogP contribution in [0.2, 0.25) is 0 Å². The normalized spacial score (nSPS) is 16.6. The highest BCUT2D eigenvalue weighted by Crippen LogP contribution is 2.31. The Morgan fingerprint density at radius 1 is 1.17 bits per heavy atom. The van der Waals surface area contributed by atoms with Gasteiger partial charge in [0.25, 0.3) is 0 Å². The molecule has 1 aliphatic rings. The maximum atomic E-state index is 13.5. The van der Waals surface area contributed by atoms with Gasteiger partial charge < -0.3 is 13.9 Å². The summed E-state index contributed by atoms with van der Waals surface area (Å²) < 4.78 is 53.0. The quantitative estimate of drug-likeness (QED) is 0.434. The molecule has 3 heterocycles. The van der Waals surface area contributed by atoms with Crippen molar-refractivity contribution in [2.75, 3.05) is 13.7 Å². The first-order valence-electron chi connectivity index (χ1n) is 10.7. The number of hydrogen-bond acceptors (Lipinski definition) is 6. The van der Waals surface area contributed by atoms with Gasteiger partial charge in [-0.25, -0.2) is 9.98 Å². The van der Waals surface area contributed by atoms with Crippen LogP contribution in [0.15, 0.2) is 90.7 Å². The highest BCUT2D eigenvalue weighted by molar-refractivity contribution is 5.88. The summed E-state index contributed by atoms with van der Waals surface area (Å²) in [6.45, 7) is 7.85. The number of hydrogen-bond donors (Lipinski definition) is 1. The van der Waals surface area contributed by atoms with Crippen LogP contribution in [0.3, 0.4) is 0 Å². The lowest BCUT2D eigenvalue weighted by Crippen LogP contribution is -2.42. The molecule has 0 saturated carbocycles. The van der Waals surface area contributed by atoms with Crippen molar-refractivity contribution in [1.82, 2.24) is 19.8 Å². The Balaban J connectivity index is 1.59. The summed E-state index contributed by atoms with van der Waals surface area (Å²) in [6, 6.07) is 10.5. The van der Waals surface area contributed by atoms with E-state index in [1.807, 2.05) is 0 Å². The van der Waals surface area contributed by atoms with Gasteiger partial charge in [0.2, 0.25) is 5.84 Å². The van der Waals surface area contributed by atoms with Gasteiger partial charge in [-0.05, 0) is 29.3 Å². The molecule has 0 amide bonds. The molecule has 1 N–H and O–H groups in total. The van der Waals surface area contributed by atoms with Gasteiger partial charge in [0.05, 0.1) is 7.11 Å². The fraction of sp³-hybridized carbons (Fsp3) is 0.200. The molecule has 35 heavy (non-hydrogen) atoms. The molecule has 0 spiro atoms. The molecule has 10 heteroatoms. The number of nitrogens with one attached hydrogen (secondary N) is 1. The third-order valence-corrected chi connectivity index (χ3v) is 5.29. The number of benzene rings is 1. The lowest BCUT2D eigenvalue weighted by Gasteiger charge is -2.22. The number of aromatic nitrogens is 2. The van der Waals surface area contributed by atoms with Gasteiger partial charge >= 0.3 is 6.18 Å². The van der Waals surface area contributed by atoms with Gasteiger partial charge in [0, 0.05) is 25.0 Å². The van der Waals surface area contributed by atoms with Crippen LogP contribution in [0.4, 0.5) is 13.2 Å². The lowest BCUT2D eigenvalue weighted by molar-refractivity contribution is -0.0633. The number of halogens is 3. The average Bonchev–Trinajstić information content (AvgIpc) is 3.46. The number of aliphatic imine (C=N–C) groups is 1. The molecule has 0 aliphatic carbocycles. The summed E-state index contributed by atoms with van der Waals surface area (Å²) in [5.74, 6) is 0.152. The Hall–Kier alpha value is -4.05. The van der Waals surface area contributed by atoms with Crippen molar-refractivity contribution in [1.29, 1.82) is 0 Å². The van der Waals surface area contributed by atoms with E-state index in [4.69, 9.17) is 9.47 Å². The van der Waals surface area contributed by atoms with Gasteiger partial charge in [0.15, 0.2) is 6.17 Å². The zero-order valence-corrected chi connectivity index (χ0v) is 19.0. The predicted octanol–water partition coefficient (Wildman–Crippen LogP) is 5.00. The van der Waals surface area contributed by atoms with Crippen molar-refractivity contribution >= 4 is 11.5 Å². The zero-order valence-electron chi connectivity index (χ0n) is 19.0. The summed E-state index contributed by atoms with van der Waals surface area (Å²) in [4.78, 5) is 8.43. The molecule has 1 aromatic carbocycles. The Labute approximate surface area is 200 Å². The second kappa shape index (κ2) is 10.1. The number of alkyl halides is 3. The molecule has 7 nitrogen and oxygen atoms in total. The SMILES string of the molecule is C=C/C=C(\C=C)COc1ccn2cc(C3N=C(C(F)(F)F)NN3Cc3ccc(OC)cc3)nc2c1. The van der Waals surface area contributed by atoms with Crippen LogP contribution in [0.25, 0.3) is 5.65 Å². The third kappa shape index (κ3) is 5.55. The number of imidazole rings is 1. The van der Waals surface area contributed by atoms with Crippen molar-refractivity contribution < 1.29 is 22.6 Å². The van der Waals surface area contributed by atoms with E-state index in [-0.39, 0.29) is 6.54 Å². The number of rotatable bonds is 9. The first-order valence-corrected chi connectivity index (χ1v) is 10.7. The zero-order chi connectivity index (χ0) is 25.0. The Morgan fingerprint density at radius 2 is 1.94 bits per heavy atom. The molecule has 3 aromatic rings. The predicted molar refractivity (Wildman–Crippen MR) is 127 cm³/mol. The average molecular weight is 483 g/mol. The van der Waals surface area contributed by atoms with Gasteiger partial charge in [-0.2, -0.15) is 18.2 Å². The number of pyridine rings is 1. The van der Waals surface area contributed by atoms with E-state index >= 15 is 0 Å². The number of hydrazine groups is 1. The van der Waals surface area contributed by atoms with Gasteiger partial charge in [-0.3, -0.25) is 5.43 Å². The first-order chi connectivity index (χ1) is 16.8. The molecule has 2 aromatic heterocycles. The topological polar surface area (TPSA) is 63.4 Å². The van der Waals surface area contributed by atoms with E-state index in [2.05, 4.69) is 28.6 Å². The van der Waals surface area contributed by atoms with Crippen LogP contribution in [0, 0.1) is 0 Å². The summed E-state index contributed by atoms with van der Waals surface area (Å²) in [7, 11) is 1.55. The number of allylic oxidation sites excluding steroid dienone is 2. The fourth-order valence-corrected chi connectivity index (χ4v) is 3.52. The maximum absolute atomic E-state index is 13.5. The van der Waals surface area contributed by atoms with Crippen LogP contribution in [-0.2, 0) is 6.54 Å². The molecule has 1 atom stereocenters. The number of fused-ring (bicyclic) bond motifs is 1. The second-order valence-corrected chi connectivity index (χ2v) is 7.70. The van der Waals surface area contributed by atoms with Crippen LogP contribution in [0.1, 0.15) is 17.4 Å². The highest BCUT2D eigenvalue weighted by atomic mass is 19.4. The molecule has 0 saturated heterocycles. The molecule has 0 radical (unpaired) electrons. The van der Waals surface area contributed by atoms with E-state index in [0.717, 1.165) is 11.1 Å². The van der Waals surface area contributed by atoms with E-state index in [1.165, 1.54) is 5.01 Å². The van der Waals surface area contributed by atoms with Crippen molar-refractivity contribution in [3.63, 3.8) is 0 Å². The van der Waals surface area contributed by atoms with Gasteiger partial charge in [0.1, 0.15) is 29.4 Å². The summed E-state index contributed by atoms with van der Waals surface area (Å²) >= 11 is 0. The minimum absolute atomic E-state index is 0.167. The van der Waals surface area contributed by atoms with E-state index < -0.39 is 18.2 Å². The lowest BCUT2D eigenvalue weighted by atomic mass is 10.2. The van der Waals surface area contributed by atoms with Crippen LogP contribution in [0.5, 0.6) is 11.5 Å². The van der Waals surface area contributed by atoms with Crippen LogP contribution < -0.4 is 14.9 Å². The third-order valence-electron chi connectivity index (χ3n) is 5.29. The standard InChI is InChI=1S/C25H24F3N5O2/c1-4-6-17(5-2)16-35-20-11-12-32-15-21(29-22(32)13-20)23-30-24(25(26,27)28)31-33(23)14-18-7-9-19(34-3)10-8-18/h4-13,15,23H,1-2,14,16H2,3H3,(H,30,31)/b17-6+. The highest BCUT2D eigenvalue weighted by Gasteiger charge is 2.43. The second-order valence-electron chi connectivity index (χ2n) is 7.70. The van der Waals surface area contributed by atoms with E-state index in [0.29, 0.717) is 29.4 Å². The monoisotopic (exact) mass is 483 g/mol. The van der Waals surface area contributed by atoms with Gasteiger partial charge in [-0.1, -0.05) is 43.5 Å². The van der Waals surface area contributed by atoms with Crippen LogP contribution >= 0.6 is 0 Å². The van der Waals surface area contributed by atoms with E-state index in [9.17, 15) is 13.2 Å². The smallest absolute Gasteiger partial charge is 0.450 e. The molecule has 1 aliphatic heterocycles. The minimum Gasteiger partial charge on any atom is -0.497 e. The van der Waals surface area contributed by atoms with Crippen molar-refractivity contribution in [2.24, 2.45) is 4.99 Å². The Bertz CT molecular complexity index is 1280. The largest absolute Gasteiger partial charge is 0.497 e. The minimum atomic E-state index is -4.62. The number of amidine groups is 1. The van der Waals surface area contributed by atoms with Crippen molar-refractivity contribution in [3.8, 4) is 11.5 Å². The fourth-order valence-electron chi connectivity index (χ4n) is 3.52. The van der Waals surface area contributed by atoms with E-state index in [1.54, 1.807) is 78.5 Å². The molecular weight excluding hydrogens is 459 g/mol. The summed E-state index contributed by atoms with van der Waals surface area (Å²) in [5.41, 5.74) is 4.91. The molecule has 1 unspecified atom stereocenters. The molecule has 0 fully saturated rings. The van der Waals surface area contributed by atoms with Gasteiger partial charge in [-0.15, -0.1) is 0 Å². The Morgan fingerprint density at radius 3 is 2.60 bits per heavy atom. The summed E-state index contributed by atoms with van der Waals surface area (Å²) in [6.07, 6.45) is 2.91. The van der Waals surface area contributed by atoms with Crippen LogP contribution in [-0.4, -0.2) is 40.1 Å². The molecule has 4 rings (SSSR count). The molecule has 182 valence electrons. The Kier molecular flexibility index (Phi) is 6.92. The number of methoxy groups -OCH3 is 1.